The molecule has 8 heteroatoms. The van der Waals surface area contributed by atoms with Gasteiger partial charge in [-0.05, 0) is 5.92 Å². The van der Waals surface area contributed by atoms with Gasteiger partial charge in [0, 0.05) is 25.6 Å². The van der Waals surface area contributed by atoms with Crippen LogP contribution < -0.4 is 16.3 Å². The van der Waals surface area contributed by atoms with Crippen LogP contribution in [0.3, 0.4) is 0 Å². The lowest BCUT2D eigenvalue weighted by atomic mass is 10.2. The van der Waals surface area contributed by atoms with Crippen molar-refractivity contribution in [2.45, 2.75) is 20.3 Å². The number of rotatable bonds is 6. The van der Waals surface area contributed by atoms with E-state index in [0.29, 0.717) is 29.5 Å². The largest absolute Gasteiger partial charge is 0.393 e. The van der Waals surface area contributed by atoms with Crippen molar-refractivity contribution in [1.82, 2.24) is 19.6 Å². The number of hydrogen-bond acceptors (Lipinski definition) is 5. The molecule has 2 aromatic rings. The Balaban J connectivity index is 2.28. The van der Waals surface area contributed by atoms with Crippen molar-refractivity contribution in [2.75, 3.05) is 18.0 Å². The van der Waals surface area contributed by atoms with Crippen LogP contribution in [0, 0.1) is 5.92 Å². The molecule has 0 bridgehead atoms. The van der Waals surface area contributed by atoms with Crippen molar-refractivity contribution in [3.05, 3.63) is 22.9 Å². The maximum Gasteiger partial charge on any atom is 0.348 e. The Kier molecular flexibility index (Phi) is 4.33. The summed E-state index contributed by atoms with van der Waals surface area (Å²) in [5, 5.41) is 6.34. The molecule has 2 aromatic heterocycles. The lowest BCUT2D eigenvalue weighted by molar-refractivity contribution is 0.609. The van der Waals surface area contributed by atoms with Gasteiger partial charge in [0.25, 0.3) is 0 Å². The zero-order valence-corrected chi connectivity index (χ0v) is 12.4. The minimum atomic E-state index is -0.294. The van der Waals surface area contributed by atoms with E-state index in [1.165, 1.54) is 10.7 Å². The van der Waals surface area contributed by atoms with Gasteiger partial charge in [-0.2, -0.15) is 5.10 Å². The minimum Gasteiger partial charge on any atom is -0.393 e. The lowest BCUT2D eigenvalue weighted by Gasteiger charge is -2.25. The van der Waals surface area contributed by atoms with E-state index in [4.69, 9.17) is 18.0 Å². The number of fused-ring (bicyclic) bond motifs is 1. The third-order valence-corrected chi connectivity index (χ3v) is 3.04. The fourth-order valence-corrected chi connectivity index (χ4v) is 2.05. The van der Waals surface area contributed by atoms with Gasteiger partial charge in [0.1, 0.15) is 12.1 Å². The van der Waals surface area contributed by atoms with Crippen molar-refractivity contribution in [3.63, 3.8) is 0 Å². The molecule has 0 aliphatic rings. The summed E-state index contributed by atoms with van der Waals surface area (Å²) in [6.07, 6.45) is 2.10. The summed E-state index contributed by atoms with van der Waals surface area (Å²) in [5.74, 6) is 1.24. The van der Waals surface area contributed by atoms with E-state index in [-0.39, 0.29) is 5.69 Å². The van der Waals surface area contributed by atoms with Crippen LogP contribution in [0.2, 0.25) is 0 Å². The number of aromatic amines is 1. The SMILES string of the molecule is CC(C)CN(CCC(N)=S)c1cc2n[nH]c(=O)n2cn1. The van der Waals surface area contributed by atoms with Crippen LogP contribution in [0.5, 0.6) is 0 Å². The first-order valence-electron chi connectivity index (χ1n) is 6.43. The first-order valence-corrected chi connectivity index (χ1v) is 6.84. The van der Waals surface area contributed by atoms with Crippen LogP contribution in [0.15, 0.2) is 17.2 Å². The van der Waals surface area contributed by atoms with E-state index < -0.39 is 0 Å². The Hall–Kier alpha value is -1.96. The molecule has 0 aromatic carbocycles. The molecule has 0 amide bonds. The maximum atomic E-state index is 11.4. The predicted molar refractivity (Wildman–Crippen MR) is 82.1 cm³/mol. The Morgan fingerprint density at radius 3 is 3.00 bits per heavy atom. The molecule has 2 heterocycles. The van der Waals surface area contributed by atoms with Gasteiger partial charge in [-0.15, -0.1) is 0 Å². The summed E-state index contributed by atoms with van der Waals surface area (Å²) in [7, 11) is 0. The Bertz CT molecular complexity index is 661. The Labute approximate surface area is 121 Å². The van der Waals surface area contributed by atoms with Gasteiger partial charge in [-0.1, -0.05) is 26.1 Å². The standard InChI is InChI=1S/C12H18N6OS/c1-8(2)6-17(4-3-9(13)20)10-5-11-15-16-12(19)18(11)7-14-10/h5,7-8H,3-4,6H2,1-2H3,(H2,13,20)(H,16,19). The quantitative estimate of drug-likeness (QED) is 0.756. The number of nitrogens with two attached hydrogens (primary N) is 1. The Morgan fingerprint density at radius 1 is 1.60 bits per heavy atom. The molecule has 0 spiro atoms. The summed E-state index contributed by atoms with van der Waals surface area (Å²) in [4.78, 5) is 18.3. The van der Waals surface area contributed by atoms with Crippen molar-refractivity contribution >= 4 is 28.7 Å². The third kappa shape index (κ3) is 3.32. The highest BCUT2D eigenvalue weighted by atomic mass is 32.1. The number of hydrogen-bond donors (Lipinski definition) is 2. The second-order valence-corrected chi connectivity index (χ2v) is 5.58. The smallest absolute Gasteiger partial charge is 0.348 e. The van der Waals surface area contributed by atoms with E-state index in [9.17, 15) is 4.79 Å². The third-order valence-electron chi connectivity index (χ3n) is 2.83. The molecule has 0 aliphatic carbocycles. The van der Waals surface area contributed by atoms with Crippen LogP contribution in [0.1, 0.15) is 20.3 Å². The summed E-state index contributed by atoms with van der Waals surface area (Å²) in [6, 6.07) is 1.78. The highest BCUT2D eigenvalue weighted by Crippen LogP contribution is 2.14. The van der Waals surface area contributed by atoms with Crippen molar-refractivity contribution in [1.29, 1.82) is 0 Å². The van der Waals surface area contributed by atoms with Gasteiger partial charge < -0.3 is 10.6 Å². The highest BCUT2D eigenvalue weighted by molar-refractivity contribution is 7.80. The topological polar surface area (TPSA) is 92.3 Å². The molecule has 0 unspecified atom stereocenters. The minimum absolute atomic E-state index is 0.294. The van der Waals surface area contributed by atoms with Crippen LogP contribution in [0.25, 0.3) is 5.65 Å². The van der Waals surface area contributed by atoms with E-state index in [2.05, 4.69) is 33.9 Å². The summed E-state index contributed by atoms with van der Waals surface area (Å²) in [6.45, 7) is 5.79. The molecule has 108 valence electrons. The number of nitrogens with one attached hydrogen (secondary N) is 1. The molecule has 0 radical (unpaired) electrons. The fourth-order valence-electron chi connectivity index (χ4n) is 1.96. The molecular formula is C12H18N6OS. The van der Waals surface area contributed by atoms with Crippen LogP contribution in [-0.4, -0.2) is 37.7 Å². The normalized spacial score (nSPS) is 11.2. The lowest BCUT2D eigenvalue weighted by Crippen LogP contribution is -2.31. The maximum absolute atomic E-state index is 11.4. The number of anilines is 1. The van der Waals surface area contributed by atoms with E-state index >= 15 is 0 Å². The molecule has 0 saturated heterocycles. The van der Waals surface area contributed by atoms with Gasteiger partial charge in [0.15, 0.2) is 5.65 Å². The highest BCUT2D eigenvalue weighted by Gasteiger charge is 2.12. The van der Waals surface area contributed by atoms with Gasteiger partial charge >= 0.3 is 5.69 Å². The average molecular weight is 294 g/mol. The van der Waals surface area contributed by atoms with Crippen molar-refractivity contribution in [2.24, 2.45) is 11.7 Å². The van der Waals surface area contributed by atoms with Crippen molar-refractivity contribution in [3.8, 4) is 0 Å². The van der Waals surface area contributed by atoms with Crippen LogP contribution in [0.4, 0.5) is 5.82 Å². The average Bonchev–Trinajstić information content (AvgIpc) is 2.75. The van der Waals surface area contributed by atoms with Gasteiger partial charge in [-0.3, -0.25) is 0 Å². The number of aromatic nitrogens is 4. The van der Waals surface area contributed by atoms with Gasteiger partial charge in [0.2, 0.25) is 0 Å². The molecule has 2 rings (SSSR count). The number of thiocarbonyl (C=S) groups is 1. The van der Waals surface area contributed by atoms with Crippen LogP contribution >= 0.6 is 12.2 Å². The van der Waals surface area contributed by atoms with Crippen molar-refractivity contribution < 1.29 is 0 Å². The van der Waals surface area contributed by atoms with Crippen LogP contribution in [-0.2, 0) is 0 Å². The summed E-state index contributed by atoms with van der Waals surface area (Å²) < 4.78 is 1.37. The second-order valence-electron chi connectivity index (χ2n) is 5.06. The monoisotopic (exact) mass is 294 g/mol. The fraction of sp³-hybridized carbons (Fsp3) is 0.500. The first-order chi connectivity index (χ1) is 9.47. The molecule has 3 N–H and O–H groups in total. The number of H-pyrrole nitrogens is 1. The zero-order valence-electron chi connectivity index (χ0n) is 11.5. The molecular weight excluding hydrogens is 276 g/mol. The van der Waals surface area contributed by atoms with Gasteiger partial charge in [0.05, 0.1) is 4.99 Å². The summed E-state index contributed by atoms with van der Waals surface area (Å²) in [5.41, 5.74) is 5.82. The molecule has 0 saturated carbocycles. The summed E-state index contributed by atoms with van der Waals surface area (Å²) >= 11 is 4.93. The van der Waals surface area contributed by atoms with E-state index in [1.54, 1.807) is 6.07 Å². The molecule has 0 fully saturated rings. The van der Waals surface area contributed by atoms with Gasteiger partial charge in [-0.25, -0.2) is 19.3 Å². The molecule has 0 atom stereocenters. The Morgan fingerprint density at radius 2 is 2.35 bits per heavy atom. The molecule has 0 aliphatic heterocycles. The zero-order chi connectivity index (χ0) is 14.7. The molecule has 20 heavy (non-hydrogen) atoms. The number of nitrogens with zero attached hydrogens (tertiary/aromatic N) is 4. The second kappa shape index (κ2) is 6.00. The molecule has 7 nitrogen and oxygen atoms in total. The first kappa shape index (κ1) is 14.4. The van der Waals surface area contributed by atoms with E-state index in [0.717, 1.165) is 12.4 Å². The predicted octanol–water partition coefficient (Wildman–Crippen LogP) is 0.556. The van der Waals surface area contributed by atoms with E-state index in [1.807, 2.05) is 0 Å².